The summed E-state index contributed by atoms with van der Waals surface area (Å²) < 4.78 is 54.1. The number of hydrogen-bond acceptors (Lipinski definition) is 9. The smallest absolute Gasteiger partial charge is 0 e. The quantitative estimate of drug-likeness (QED) is 0.132. The van der Waals surface area contributed by atoms with Crippen LogP contribution in [0.5, 0.6) is 17.2 Å². The maximum atomic E-state index is 12.6. The molecule has 0 spiro atoms. The number of ether oxygens (including phenoxy) is 6. The molecule has 1 aromatic carbocycles. The molecule has 14 heteroatoms. The van der Waals surface area contributed by atoms with Crippen LogP contribution in [0.3, 0.4) is 0 Å². The molecule has 1 rings (SSSR count). The van der Waals surface area contributed by atoms with Crippen LogP contribution in [-0.4, -0.2) is 59.3 Å². The van der Waals surface area contributed by atoms with Crippen LogP contribution in [-0.2, 0) is 50.3 Å². The number of alkyl halides is 1. The SMILES string of the molecule is COC(=O)c1c(OC)c(C(=O)OC)c(OC)c([C@H](CC(C)C)OC(=O)CCl)c1OC.[C-]#[O+].[C-]#[O+].[C-]#[O+].[Cr]. The Morgan fingerprint density at radius 2 is 1.11 bits per heavy atom. The average Bonchev–Trinajstić information content (AvgIpc) is 2.92. The Morgan fingerprint density at radius 3 is 1.35 bits per heavy atom. The summed E-state index contributed by atoms with van der Waals surface area (Å²) in [6.45, 7) is 17.3. The molecule has 0 fully saturated rings. The first-order chi connectivity index (χ1) is 17.2. The van der Waals surface area contributed by atoms with Gasteiger partial charge in [-0.25, -0.2) is 9.59 Å². The van der Waals surface area contributed by atoms with Crippen molar-refractivity contribution in [3.63, 3.8) is 0 Å². The molecular weight excluding hydrogens is 556 g/mol. The van der Waals surface area contributed by atoms with Gasteiger partial charge in [-0.15, -0.1) is 11.6 Å². The van der Waals surface area contributed by atoms with Gasteiger partial charge in [0.2, 0.25) is 0 Å². The van der Waals surface area contributed by atoms with E-state index in [-0.39, 0.29) is 63.1 Å². The van der Waals surface area contributed by atoms with Crippen molar-refractivity contribution in [2.24, 2.45) is 5.92 Å². The van der Waals surface area contributed by atoms with Gasteiger partial charge in [0.1, 0.15) is 34.6 Å². The Balaban J connectivity index is -0.000000721. The van der Waals surface area contributed by atoms with E-state index in [9.17, 15) is 14.4 Å². The second-order valence-electron chi connectivity index (χ2n) is 6.49. The fourth-order valence-electron chi connectivity index (χ4n) is 3.04. The molecule has 37 heavy (non-hydrogen) atoms. The molecule has 12 nitrogen and oxygen atoms in total. The Hall–Kier alpha value is -2.93. The molecule has 0 saturated carbocycles. The number of halogens is 1. The van der Waals surface area contributed by atoms with Crippen LogP contribution in [0.2, 0.25) is 0 Å². The van der Waals surface area contributed by atoms with E-state index in [1.807, 2.05) is 13.8 Å². The number of carbonyl (C=O) groups is 3. The average molecular weight is 583 g/mol. The van der Waals surface area contributed by atoms with Crippen molar-refractivity contribution in [1.82, 2.24) is 0 Å². The van der Waals surface area contributed by atoms with E-state index in [4.69, 9.17) is 54.0 Å². The van der Waals surface area contributed by atoms with E-state index in [1.165, 1.54) is 35.5 Å². The molecule has 1 atom stereocenters. The Kier molecular flexibility index (Phi) is 26.1. The van der Waals surface area contributed by atoms with Gasteiger partial charge in [0.15, 0.2) is 5.75 Å². The minimum Gasteiger partial charge on any atom is 0 e. The molecule has 0 aliphatic heterocycles. The summed E-state index contributed by atoms with van der Waals surface area (Å²) in [4.78, 5) is 37.2. The molecular formula is C23H27ClCrO12. The van der Waals surface area contributed by atoms with Crippen LogP contribution >= 0.6 is 11.6 Å². The molecule has 0 radical (unpaired) electrons. The van der Waals surface area contributed by atoms with Gasteiger partial charge in [0, 0.05) is 17.4 Å². The van der Waals surface area contributed by atoms with E-state index in [2.05, 4.69) is 20.0 Å². The van der Waals surface area contributed by atoms with Crippen LogP contribution in [0.1, 0.15) is 52.7 Å². The summed E-state index contributed by atoms with van der Waals surface area (Å²) in [5.41, 5.74) is -0.183. The molecule has 0 unspecified atom stereocenters. The van der Waals surface area contributed by atoms with Gasteiger partial charge in [-0.05, 0) is 12.3 Å². The first kappa shape index (κ1) is 41.2. The third-order valence-corrected chi connectivity index (χ3v) is 4.40. The van der Waals surface area contributed by atoms with Crippen molar-refractivity contribution in [2.45, 2.75) is 26.4 Å². The topological polar surface area (TPSA) is 166 Å². The first-order valence-electron chi connectivity index (χ1n) is 9.61. The van der Waals surface area contributed by atoms with Gasteiger partial charge in [-0.1, -0.05) is 13.8 Å². The molecule has 0 aliphatic carbocycles. The van der Waals surface area contributed by atoms with Crippen LogP contribution < -0.4 is 14.2 Å². The van der Waals surface area contributed by atoms with E-state index >= 15 is 0 Å². The van der Waals surface area contributed by atoms with E-state index < -0.39 is 24.0 Å². The minimum atomic E-state index is -0.945. The summed E-state index contributed by atoms with van der Waals surface area (Å²) in [5, 5.41) is 0. The van der Waals surface area contributed by atoms with Gasteiger partial charge in [-0.3, -0.25) is 4.79 Å². The summed E-state index contributed by atoms with van der Waals surface area (Å²) in [6.07, 6.45) is -0.623. The fourth-order valence-corrected chi connectivity index (χ4v) is 3.11. The molecule has 0 aliphatic rings. The normalized spacial score (nSPS) is 9.49. The summed E-state index contributed by atoms with van der Waals surface area (Å²) in [5.74, 6) is -2.87. The molecule has 0 N–H and O–H groups in total. The van der Waals surface area contributed by atoms with Crippen molar-refractivity contribution in [3.05, 3.63) is 36.6 Å². The molecule has 0 saturated heterocycles. The van der Waals surface area contributed by atoms with Crippen molar-refractivity contribution in [3.8, 4) is 17.2 Å². The molecule has 0 heterocycles. The molecule has 204 valence electrons. The summed E-state index contributed by atoms with van der Waals surface area (Å²) in [7, 11) is 6.24. The second kappa shape index (κ2) is 23.5. The third kappa shape index (κ3) is 11.3. The number of methoxy groups -OCH3 is 5. The number of rotatable bonds is 10. The Bertz CT molecular complexity index is 865. The monoisotopic (exact) mass is 582 g/mol. The zero-order valence-corrected chi connectivity index (χ0v) is 23.3. The van der Waals surface area contributed by atoms with Gasteiger partial charge in [0.05, 0.1) is 41.1 Å². The van der Waals surface area contributed by atoms with Gasteiger partial charge < -0.3 is 28.4 Å². The van der Waals surface area contributed by atoms with E-state index in [0.29, 0.717) is 6.42 Å². The van der Waals surface area contributed by atoms with Gasteiger partial charge >= 0.3 is 51.8 Å². The zero-order valence-electron chi connectivity index (χ0n) is 21.3. The fraction of sp³-hybridized carbons (Fsp3) is 0.478. The Labute approximate surface area is 231 Å². The van der Waals surface area contributed by atoms with Gasteiger partial charge in [-0.2, -0.15) is 0 Å². The number of carbonyl (C=O) groups excluding carboxylic acids is 3. The molecule has 0 bridgehead atoms. The van der Waals surface area contributed by atoms with Crippen LogP contribution in [0, 0.1) is 25.9 Å². The summed E-state index contributed by atoms with van der Waals surface area (Å²) >= 11 is 5.62. The van der Waals surface area contributed by atoms with Crippen LogP contribution in [0.15, 0.2) is 0 Å². The predicted octanol–water partition coefficient (Wildman–Crippen LogP) is 3.04. The standard InChI is InChI=1S/C20H27ClO9.3CO.Cr/c1-10(2)8-11(30-12(22)9-21)13-16(25-3)14(19(23)28-6)18(27-5)15(17(13)26-4)20(24)29-7;3*1-2;/h10-11H,8-9H2,1-7H3;;;;/t11-;;;;/m0..../s1. The van der Waals surface area contributed by atoms with Crippen molar-refractivity contribution >= 4 is 29.5 Å². The first-order valence-corrected chi connectivity index (χ1v) is 10.1. The number of benzene rings is 1. The number of hydrogen-bond donors (Lipinski definition) is 0. The summed E-state index contributed by atoms with van der Waals surface area (Å²) in [6, 6.07) is 0. The zero-order chi connectivity index (χ0) is 29.0. The van der Waals surface area contributed by atoms with E-state index in [0.717, 1.165) is 0 Å². The predicted molar refractivity (Wildman–Crippen MR) is 120 cm³/mol. The van der Waals surface area contributed by atoms with Crippen LogP contribution in [0.25, 0.3) is 0 Å². The van der Waals surface area contributed by atoms with Crippen molar-refractivity contribution < 1.29 is 74.1 Å². The Morgan fingerprint density at radius 1 is 0.757 bits per heavy atom. The van der Waals surface area contributed by atoms with E-state index in [1.54, 1.807) is 0 Å². The second-order valence-corrected chi connectivity index (χ2v) is 6.76. The number of esters is 3. The van der Waals surface area contributed by atoms with Crippen molar-refractivity contribution in [2.75, 3.05) is 41.4 Å². The molecule has 0 amide bonds. The van der Waals surface area contributed by atoms with Crippen molar-refractivity contribution in [1.29, 1.82) is 0 Å². The third-order valence-electron chi connectivity index (χ3n) is 4.18. The molecule has 0 aromatic heterocycles. The maximum absolute atomic E-state index is 12.6. The van der Waals surface area contributed by atoms with Crippen LogP contribution in [0.4, 0.5) is 0 Å². The minimum absolute atomic E-state index is 0. The van der Waals surface area contributed by atoms with Gasteiger partial charge in [0.25, 0.3) is 0 Å². The maximum Gasteiger partial charge on any atom is 0 e. The largest absolute Gasteiger partial charge is 0 e. The molecule has 1 aromatic rings.